The molecule has 0 aliphatic heterocycles. The van der Waals surface area contributed by atoms with Gasteiger partial charge < -0.3 is 10.1 Å². The summed E-state index contributed by atoms with van der Waals surface area (Å²) < 4.78 is 5.21. The zero-order valence-corrected chi connectivity index (χ0v) is 17.9. The van der Waals surface area contributed by atoms with Crippen molar-refractivity contribution in [1.82, 2.24) is 0 Å². The zero-order valence-electron chi connectivity index (χ0n) is 17.9. The van der Waals surface area contributed by atoms with Gasteiger partial charge in [0.25, 0.3) is 5.91 Å². The van der Waals surface area contributed by atoms with Gasteiger partial charge in [-0.15, -0.1) is 0 Å². The number of nitrogens with one attached hydrogen (secondary N) is 1. The minimum absolute atomic E-state index is 0.134. The summed E-state index contributed by atoms with van der Waals surface area (Å²) >= 11 is 0. The molecular weight excluding hydrogens is 390 g/mol. The minimum Gasteiger partial charge on any atom is -0.452 e. The topological polar surface area (TPSA) is 72.5 Å². The van der Waals surface area contributed by atoms with E-state index in [2.05, 4.69) is 5.32 Å². The van der Waals surface area contributed by atoms with Crippen molar-refractivity contribution in [2.24, 2.45) is 0 Å². The number of ketones is 1. The Morgan fingerprint density at radius 3 is 2.26 bits per heavy atom. The van der Waals surface area contributed by atoms with Crippen LogP contribution in [0.1, 0.15) is 49.9 Å². The van der Waals surface area contributed by atoms with Gasteiger partial charge in [0, 0.05) is 16.8 Å². The number of hydrogen-bond acceptors (Lipinski definition) is 4. The average Bonchev–Trinajstić information content (AvgIpc) is 2.79. The summed E-state index contributed by atoms with van der Waals surface area (Å²) in [6.45, 7) is 5.32. The summed E-state index contributed by atoms with van der Waals surface area (Å²) in [4.78, 5) is 38.1. The van der Waals surface area contributed by atoms with Crippen molar-refractivity contribution in [3.63, 3.8) is 0 Å². The second-order valence-corrected chi connectivity index (χ2v) is 7.33. The van der Waals surface area contributed by atoms with Gasteiger partial charge in [0.15, 0.2) is 12.4 Å². The number of hydrogen-bond donors (Lipinski definition) is 1. The molecule has 0 saturated heterocycles. The van der Waals surface area contributed by atoms with Crippen LogP contribution in [-0.4, -0.2) is 24.3 Å². The van der Waals surface area contributed by atoms with Crippen molar-refractivity contribution in [3.8, 4) is 0 Å². The number of para-hydroxylation sites is 1. The van der Waals surface area contributed by atoms with E-state index in [9.17, 15) is 14.4 Å². The van der Waals surface area contributed by atoms with E-state index in [0.717, 1.165) is 23.1 Å². The summed E-state index contributed by atoms with van der Waals surface area (Å²) in [7, 11) is 0. The van der Waals surface area contributed by atoms with Crippen molar-refractivity contribution in [1.29, 1.82) is 0 Å². The van der Waals surface area contributed by atoms with E-state index in [-0.39, 0.29) is 16.9 Å². The van der Waals surface area contributed by atoms with Crippen molar-refractivity contribution >= 4 is 23.3 Å². The molecule has 31 heavy (non-hydrogen) atoms. The van der Waals surface area contributed by atoms with Crippen LogP contribution in [0.4, 0.5) is 5.69 Å². The van der Waals surface area contributed by atoms with E-state index in [0.29, 0.717) is 11.3 Å². The molecule has 3 aromatic rings. The predicted octanol–water partition coefficient (Wildman–Crippen LogP) is 4.89. The fourth-order valence-electron chi connectivity index (χ4n) is 3.33. The molecule has 0 saturated carbocycles. The number of ether oxygens (including phenoxy) is 1. The molecule has 0 fully saturated rings. The Balaban J connectivity index is 1.73. The van der Waals surface area contributed by atoms with Crippen LogP contribution in [-0.2, 0) is 16.0 Å². The first-order valence-corrected chi connectivity index (χ1v) is 10.2. The van der Waals surface area contributed by atoms with Gasteiger partial charge in [0.1, 0.15) is 0 Å². The molecule has 0 atom stereocenters. The lowest BCUT2D eigenvalue weighted by Gasteiger charge is -2.12. The Labute approximate surface area is 182 Å². The lowest BCUT2D eigenvalue weighted by Crippen LogP contribution is -2.22. The Kier molecular flexibility index (Phi) is 6.98. The van der Waals surface area contributed by atoms with Gasteiger partial charge >= 0.3 is 5.97 Å². The van der Waals surface area contributed by atoms with Gasteiger partial charge in [-0.05, 0) is 49.6 Å². The molecule has 0 radical (unpaired) electrons. The molecule has 3 rings (SSSR count). The molecule has 5 heteroatoms. The molecule has 0 aromatic heterocycles. The van der Waals surface area contributed by atoms with Crippen LogP contribution in [0, 0.1) is 13.8 Å². The molecule has 1 N–H and O–H groups in total. The maximum absolute atomic E-state index is 13.1. The third-order valence-electron chi connectivity index (χ3n) is 5.04. The summed E-state index contributed by atoms with van der Waals surface area (Å²) in [6.07, 6.45) is 0.768. The van der Waals surface area contributed by atoms with Crippen LogP contribution < -0.4 is 5.32 Å². The number of aryl methyl sites for hydroxylation is 3. The highest BCUT2D eigenvalue weighted by atomic mass is 16.5. The molecule has 3 aromatic carbocycles. The third kappa shape index (κ3) is 5.25. The van der Waals surface area contributed by atoms with E-state index in [1.54, 1.807) is 30.3 Å². The quantitative estimate of drug-likeness (QED) is 0.440. The molecule has 0 aliphatic rings. The minimum atomic E-state index is -0.715. The van der Waals surface area contributed by atoms with E-state index >= 15 is 0 Å². The van der Waals surface area contributed by atoms with Crippen LogP contribution in [0.25, 0.3) is 0 Å². The Morgan fingerprint density at radius 2 is 1.52 bits per heavy atom. The number of esters is 1. The van der Waals surface area contributed by atoms with Crippen LogP contribution in [0.3, 0.4) is 0 Å². The third-order valence-corrected chi connectivity index (χ3v) is 5.04. The van der Waals surface area contributed by atoms with Crippen LogP contribution in [0.5, 0.6) is 0 Å². The van der Waals surface area contributed by atoms with Crippen molar-refractivity contribution < 1.29 is 19.1 Å². The maximum atomic E-state index is 13.1. The summed E-state index contributed by atoms with van der Waals surface area (Å²) in [5.74, 6) is -1.41. The van der Waals surface area contributed by atoms with Gasteiger partial charge in [0.2, 0.25) is 0 Å². The van der Waals surface area contributed by atoms with E-state index in [1.165, 1.54) is 6.07 Å². The van der Waals surface area contributed by atoms with Crippen LogP contribution in [0.15, 0.2) is 66.7 Å². The molecule has 5 nitrogen and oxygen atoms in total. The first-order chi connectivity index (χ1) is 14.9. The van der Waals surface area contributed by atoms with E-state index in [1.807, 2.05) is 51.1 Å². The number of carbonyl (C=O) groups excluding carboxylic acids is 3. The lowest BCUT2D eigenvalue weighted by molar-refractivity contribution is -0.119. The number of anilines is 1. The predicted molar refractivity (Wildman–Crippen MR) is 121 cm³/mol. The van der Waals surface area contributed by atoms with Crippen LogP contribution >= 0.6 is 0 Å². The van der Waals surface area contributed by atoms with E-state index < -0.39 is 18.5 Å². The monoisotopic (exact) mass is 415 g/mol. The second-order valence-electron chi connectivity index (χ2n) is 7.33. The second kappa shape index (κ2) is 9.85. The molecule has 158 valence electrons. The lowest BCUT2D eigenvalue weighted by atomic mass is 9.94. The van der Waals surface area contributed by atoms with Gasteiger partial charge in [-0.3, -0.25) is 9.59 Å². The molecule has 0 bridgehead atoms. The highest BCUT2D eigenvalue weighted by Crippen LogP contribution is 2.20. The standard InChI is InChI=1S/C26H25NO4/c1-4-19-9-5-8-12-23(19)27-24(28)16-31-26(30)21-11-7-6-10-20(21)25(29)22-15-17(2)13-14-18(22)3/h5-15H,4,16H2,1-3H3,(H,27,28). The highest BCUT2D eigenvalue weighted by Gasteiger charge is 2.21. The first kappa shape index (κ1) is 22.0. The first-order valence-electron chi connectivity index (χ1n) is 10.2. The fraction of sp³-hybridized carbons (Fsp3) is 0.192. The molecule has 0 heterocycles. The van der Waals surface area contributed by atoms with Gasteiger partial charge in [0.05, 0.1) is 5.56 Å². The summed E-state index contributed by atoms with van der Waals surface area (Å²) in [6, 6.07) is 19.6. The van der Waals surface area contributed by atoms with Crippen molar-refractivity contribution in [3.05, 3.63) is 100 Å². The Morgan fingerprint density at radius 1 is 0.839 bits per heavy atom. The number of amides is 1. The maximum Gasteiger partial charge on any atom is 0.339 e. The molecule has 0 aliphatic carbocycles. The zero-order chi connectivity index (χ0) is 22.4. The van der Waals surface area contributed by atoms with Gasteiger partial charge in [-0.2, -0.15) is 0 Å². The summed E-state index contributed by atoms with van der Waals surface area (Å²) in [5.41, 5.74) is 4.39. The Bertz CT molecular complexity index is 1130. The van der Waals surface area contributed by atoms with E-state index in [4.69, 9.17) is 4.74 Å². The van der Waals surface area contributed by atoms with Crippen LogP contribution in [0.2, 0.25) is 0 Å². The van der Waals surface area contributed by atoms with Gasteiger partial charge in [-0.25, -0.2) is 4.79 Å². The SMILES string of the molecule is CCc1ccccc1NC(=O)COC(=O)c1ccccc1C(=O)c1cc(C)ccc1C. The van der Waals surface area contributed by atoms with Crippen molar-refractivity contribution in [2.75, 3.05) is 11.9 Å². The van der Waals surface area contributed by atoms with Crippen molar-refractivity contribution in [2.45, 2.75) is 27.2 Å². The highest BCUT2D eigenvalue weighted by molar-refractivity contribution is 6.15. The molecule has 1 amide bonds. The molecular formula is C26H25NO4. The molecule has 0 spiro atoms. The fourth-order valence-corrected chi connectivity index (χ4v) is 3.33. The average molecular weight is 415 g/mol. The smallest absolute Gasteiger partial charge is 0.339 e. The number of rotatable bonds is 7. The number of carbonyl (C=O) groups is 3. The molecule has 0 unspecified atom stereocenters. The summed E-state index contributed by atoms with van der Waals surface area (Å²) in [5, 5.41) is 2.76. The van der Waals surface area contributed by atoms with Gasteiger partial charge in [-0.1, -0.05) is 61.0 Å². The largest absolute Gasteiger partial charge is 0.452 e. The Hall–Kier alpha value is -3.73. The number of benzene rings is 3. The normalized spacial score (nSPS) is 10.4.